The minimum atomic E-state index is 0. The maximum atomic E-state index is 6.17. The van der Waals surface area contributed by atoms with Crippen molar-refractivity contribution in [2.24, 2.45) is 21.5 Å². The number of nitrogens with two attached hydrogens (primary N) is 2. The summed E-state index contributed by atoms with van der Waals surface area (Å²) >= 11 is 1.44. The van der Waals surface area contributed by atoms with E-state index in [1.807, 2.05) is 54.8 Å². The first-order valence-electron chi connectivity index (χ1n) is 18.5. The van der Waals surface area contributed by atoms with Crippen molar-refractivity contribution in [3.8, 4) is 0 Å². The van der Waals surface area contributed by atoms with Crippen molar-refractivity contribution in [3.05, 3.63) is 131 Å². The van der Waals surface area contributed by atoms with E-state index in [1.54, 1.807) is 0 Å². The number of thioether (sulfide) groups is 1. The summed E-state index contributed by atoms with van der Waals surface area (Å²) in [7, 11) is 0. The van der Waals surface area contributed by atoms with Crippen molar-refractivity contribution in [2.75, 3.05) is 43.2 Å². The molecule has 6 aromatic rings. The molecular formula is C43H46IN9OS. The number of aryl methyl sites for hydroxylation is 2. The number of benzene rings is 4. The summed E-state index contributed by atoms with van der Waals surface area (Å²) < 4.78 is 5.37. The Labute approximate surface area is 343 Å². The van der Waals surface area contributed by atoms with E-state index in [1.165, 1.54) is 34.0 Å². The number of rotatable bonds is 6. The van der Waals surface area contributed by atoms with Gasteiger partial charge in [0.25, 0.3) is 0 Å². The first-order valence-corrected chi connectivity index (χ1v) is 19.8. The number of nitrogens with one attached hydrogen (secondary N) is 2. The van der Waals surface area contributed by atoms with Crippen LogP contribution in [0.3, 0.4) is 0 Å². The number of fused-ring (bicyclic) bond motifs is 4. The van der Waals surface area contributed by atoms with Gasteiger partial charge in [-0.25, -0.2) is 20.0 Å². The van der Waals surface area contributed by atoms with Crippen LogP contribution in [0.4, 0.5) is 23.0 Å². The topological polar surface area (TPSA) is 139 Å². The molecule has 2 aromatic heterocycles. The molecule has 9 rings (SSSR count). The number of ether oxygens (including phenoxy) is 1. The molecule has 0 radical (unpaired) electrons. The number of hydrogen-bond donors (Lipinski definition) is 4. The highest BCUT2D eigenvalue weighted by Gasteiger charge is 2.23. The van der Waals surface area contributed by atoms with E-state index in [9.17, 15) is 0 Å². The number of halogens is 1. The zero-order valence-corrected chi connectivity index (χ0v) is 34.0. The van der Waals surface area contributed by atoms with Crippen LogP contribution in [-0.4, -0.2) is 58.6 Å². The van der Waals surface area contributed by atoms with Crippen molar-refractivity contribution in [1.29, 1.82) is 0 Å². The number of nitrogens with zero attached hydrogens (tertiary/aromatic N) is 5. The second-order valence-electron chi connectivity index (χ2n) is 13.7. The monoisotopic (exact) mass is 863 g/mol. The van der Waals surface area contributed by atoms with Gasteiger partial charge in [0.15, 0.2) is 11.1 Å². The van der Waals surface area contributed by atoms with Crippen molar-refractivity contribution in [3.63, 3.8) is 0 Å². The first-order chi connectivity index (χ1) is 26.5. The van der Waals surface area contributed by atoms with Crippen LogP contribution in [0.15, 0.2) is 119 Å². The predicted molar refractivity (Wildman–Crippen MR) is 240 cm³/mol. The highest BCUT2D eigenvalue weighted by atomic mass is 127. The van der Waals surface area contributed by atoms with Gasteiger partial charge in [0.1, 0.15) is 11.6 Å². The quantitative estimate of drug-likeness (QED) is 0.0735. The van der Waals surface area contributed by atoms with Crippen LogP contribution in [-0.2, 0) is 17.6 Å². The molecule has 3 aliphatic rings. The molecule has 0 saturated carbocycles. The van der Waals surface area contributed by atoms with Gasteiger partial charge >= 0.3 is 0 Å². The fraction of sp³-hybridized carbons (Fsp3) is 0.256. The average Bonchev–Trinajstić information content (AvgIpc) is 3.82. The van der Waals surface area contributed by atoms with Gasteiger partial charge in [-0.2, -0.15) is 0 Å². The second kappa shape index (κ2) is 17.7. The summed E-state index contributed by atoms with van der Waals surface area (Å²) in [5, 5.41) is 9.86. The summed E-state index contributed by atoms with van der Waals surface area (Å²) in [4.78, 5) is 20.6. The summed E-state index contributed by atoms with van der Waals surface area (Å²) in [6, 6.07) is 38.2. The minimum absolute atomic E-state index is 0. The number of hydrogen-bond acceptors (Lipinski definition) is 8. The van der Waals surface area contributed by atoms with E-state index < -0.39 is 0 Å². The number of aliphatic imine (C=N–C) groups is 2. The highest BCUT2D eigenvalue weighted by molar-refractivity contribution is 14.0. The molecule has 0 amide bonds. The Balaban J connectivity index is 0.000000168. The summed E-state index contributed by atoms with van der Waals surface area (Å²) in [5.74, 6) is 2.36. The maximum absolute atomic E-state index is 6.17. The zero-order valence-electron chi connectivity index (χ0n) is 30.8. The SMILES string of the molecule is CSC(N)=Nc1ccc2nc(N[C@@H]3CCc4ccccc43)ccc2c1.I.NC(=Nc1ccc2nc(N[C@@H]3CCc4ccccc43)ccc2c1)N1CCOCC1. The van der Waals surface area contributed by atoms with Crippen LogP contribution >= 0.6 is 35.7 Å². The second-order valence-corrected chi connectivity index (χ2v) is 14.6. The van der Waals surface area contributed by atoms with Gasteiger partial charge in [-0.05, 0) is 115 Å². The molecule has 55 heavy (non-hydrogen) atoms. The summed E-state index contributed by atoms with van der Waals surface area (Å²) in [6.07, 6.45) is 6.38. The molecule has 12 heteroatoms. The standard InChI is InChI=1S/C23H25N5O.C20H20N4S.HI/c24-23(28-11-13-29-14-12-28)25-18-7-9-20-17(15-18)6-10-22(26-20)27-21-8-5-16-3-1-2-4-19(16)21;1-25-20(21)22-15-8-10-17-14(12-15)7-11-19(23-17)24-18-9-6-13-4-2-3-5-16(13)18;/h1-4,6-7,9-10,15,21H,5,8,11-14H2,(H2,24,25)(H,26,27);2-5,7-8,10-12,18H,6,9H2,1H3,(H2,21,22)(H,23,24);1H/t21-;18-;/m11./s1. The molecule has 0 spiro atoms. The van der Waals surface area contributed by atoms with Crippen LogP contribution in [0.2, 0.25) is 0 Å². The van der Waals surface area contributed by atoms with E-state index >= 15 is 0 Å². The molecule has 0 bridgehead atoms. The van der Waals surface area contributed by atoms with Crippen molar-refractivity contribution in [1.82, 2.24) is 14.9 Å². The Hall–Kier alpha value is -4.92. The molecule has 2 aliphatic carbocycles. The Morgan fingerprint density at radius 1 is 0.691 bits per heavy atom. The number of amidine groups is 1. The lowest BCUT2D eigenvalue weighted by Crippen LogP contribution is -2.44. The van der Waals surface area contributed by atoms with Crippen molar-refractivity contribution in [2.45, 2.75) is 37.8 Å². The summed E-state index contributed by atoms with van der Waals surface area (Å²) in [5.41, 5.74) is 21.2. The van der Waals surface area contributed by atoms with E-state index in [4.69, 9.17) is 26.2 Å². The third kappa shape index (κ3) is 9.14. The molecule has 0 unspecified atom stereocenters. The number of guanidine groups is 1. The Kier molecular flexibility index (Phi) is 12.3. The molecule has 6 N–H and O–H groups in total. The van der Waals surface area contributed by atoms with Crippen LogP contribution < -0.4 is 22.1 Å². The van der Waals surface area contributed by atoms with Gasteiger partial charge in [-0.1, -0.05) is 60.3 Å². The van der Waals surface area contributed by atoms with E-state index in [0.717, 1.165) is 83.6 Å². The van der Waals surface area contributed by atoms with Crippen LogP contribution in [0, 0.1) is 0 Å². The van der Waals surface area contributed by atoms with E-state index in [0.29, 0.717) is 36.4 Å². The summed E-state index contributed by atoms with van der Waals surface area (Å²) in [6.45, 7) is 2.95. The van der Waals surface area contributed by atoms with Gasteiger partial charge in [0.05, 0.1) is 47.7 Å². The third-order valence-electron chi connectivity index (χ3n) is 10.3. The maximum Gasteiger partial charge on any atom is 0.196 e. The molecule has 1 saturated heterocycles. The molecule has 2 atom stereocenters. The minimum Gasteiger partial charge on any atom is -0.378 e. The van der Waals surface area contributed by atoms with Gasteiger partial charge in [-0.15, -0.1) is 24.0 Å². The predicted octanol–water partition coefficient (Wildman–Crippen LogP) is 8.87. The lowest BCUT2D eigenvalue weighted by atomic mass is 10.1. The fourth-order valence-electron chi connectivity index (χ4n) is 7.47. The number of pyridine rings is 2. The highest BCUT2D eigenvalue weighted by Crippen LogP contribution is 2.35. The Morgan fingerprint density at radius 2 is 1.20 bits per heavy atom. The molecule has 3 heterocycles. The molecule has 1 aliphatic heterocycles. The Morgan fingerprint density at radius 3 is 1.73 bits per heavy atom. The number of aromatic nitrogens is 2. The van der Waals surface area contributed by atoms with Crippen LogP contribution in [0.5, 0.6) is 0 Å². The lowest BCUT2D eigenvalue weighted by molar-refractivity contribution is 0.0675. The molecule has 4 aromatic carbocycles. The normalized spacial score (nSPS) is 17.9. The van der Waals surface area contributed by atoms with Crippen LogP contribution in [0.1, 0.15) is 47.2 Å². The zero-order chi connectivity index (χ0) is 36.9. The molecule has 282 valence electrons. The van der Waals surface area contributed by atoms with Crippen molar-refractivity contribution < 1.29 is 4.74 Å². The van der Waals surface area contributed by atoms with Gasteiger partial charge in [0.2, 0.25) is 0 Å². The van der Waals surface area contributed by atoms with Gasteiger partial charge in [0, 0.05) is 23.9 Å². The molecular weight excluding hydrogens is 818 g/mol. The van der Waals surface area contributed by atoms with E-state index in [-0.39, 0.29) is 24.0 Å². The first kappa shape index (κ1) is 38.4. The van der Waals surface area contributed by atoms with Crippen LogP contribution in [0.25, 0.3) is 21.8 Å². The smallest absolute Gasteiger partial charge is 0.196 e. The molecule has 10 nitrogen and oxygen atoms in total. The average molecular weight is 864 g/mol. The molecule has 1 fully saturated rings. The Bertz CT molecular complexity index is 2350. The lowest BCUT2D eigenvalue weighted by Gasteiger charge is -2.27. The van der Waals surface area contributed by atoms with E-state index in [2.05, 4.69) is 86.2 Å². The van der Waals surface area contributed by atoms with Gasteiger partial charge in [-0.3, -0.25) is 0 Å². The fourth-order valence-corrected chi connectivity index (χ4v) is 7.66. The third-order valence-corrected chi connectivity index (χ3v) is 10.8. The number of morpholine rings is 1. The largest absolute Gasteiger partial charge is 0.378 e. The van der Waals surface area contributed by atoms with Gasteiger partial charge < -0.3 is 31.7 Å². The number of anilines is 2. The van der Waals surface area contributed by atoms with Crippen molar-refractivity contribution >= 4 is 91.7 Å².